The van der Waals surface area contributed by atoms with Crippen molar-refractivity contribution in [2.24, 2.45) is 5.92 Å². The van der Waals surface area contributed by atoms with Crippen molar-refractivity contribution >= 4 is 5.69 Å². The van der Waals surface area contributed by atoms with E-state index in [-0.39, 0.29) is 0 Å². The molecule has 3 rings (SSSR count). The van der Waals surface area contributed by atoms with Crippen LogP contribution in [0.15, 0.2) is 43.0 Å². The van der Waals surface area contributed by atoms with E-state index in [2.05, 4.69) is 46.1 Å². The van der Waals surface area contributed by atoms with Gasteiger partial charge in [-0.15, -0.1) is 0 Å². The third-order valence-electron chi connectivity index (χ3n) is 4.18. The number of anilines is 1. The Labute approximate surface area is 121 Å². The molecule has 1 aliphatic rings. The van der Waals surface area contributed by atoms with E-state index in [1.165, 1.54) is 36.9 Å². The van der Waals surface area contributed by atoms with Crippen molar-refractivity contribution in [3.8, 4) is 0 Å². The molecule has 0 radical (unpaired) electrons. The van der Waals surface area contributed by atoms with Gasteiger partial charge in [0.25, 0.3) is 0 Å². The molecule has 0 amide bonds. The first-order valence-corrected chi connectivity index (χ1v) is 7.61. The zero-order chi connectivity index (χ0) is 13.8. The topological polar surface area (TPSA) is 29.9 Å². The monoisotopic (exact) mass is 269 g/mol. The van der Waals surface area contributed by atoms with Gasteiger partial charge in [0.05, 0.1) is 6.33 Å². The zero-order valence-electron chi connectivity index (χ0n) is 12.1. The minimum Gasteiger partial charge on any atom is -0.383 e. The summed E-state index contributed by atoms with van der Waals surface area (Å²) in [5, 5.41) is 3.64. The second kappa shape index (κ2) is 6.12. The summed E-state index contributed by atoms with van der Waals surface area (Å²) < 4.78 is 2.09. The van der Waals surface area contributed by atoms with E-state index in [0.29, 0.717) is 6.04 Å². The lowest BCUT2D eigenvalue weighted by molar-refractivity contribution is 0.286. The summed E-state index contributed by atoms with van der Waals surface area (Å²) in [4.78, 5) is 4.08. The molecule has 0 saturated heterocycles. The van der Waals surface area contributed by atoms with Gasteiger partial charge in [-0.1, -0.05) is 31.4 Å². The zero-order valence-corrected chi connectivity index (χ0v) is 12.1. The number of nitrogens with zero attached hydrogens (tertiary/aromatic N) is 2. The van der Waals surface area contributed by atoms with Gasteiger partial charge in [-0.25, -0.2) is 4.98 Å². The molecule has 1 aliphatic carbocycles. The smallest absolute Gasteiger partial charge is 0.0949 e. The maximum atomic E-state index is 4.08. The number of nitrogens with one attached hydrogen (secondary N) is 1. The number of hydrogen-bond donors (Lipinski definition) is 1. The van der Waals surface area contributed by atoms with Gasteiger partial charge >= 0.3 is 0 Å². The van der Waals surface area contributed by atoms with E-state index in [9.17, 15) is 0 Å². The van der Waals surface area contributed by atoms with Crippen LogP contribution in [-0.4, -0.2) is 15.6 Å². The molecule has 1 fully saturated rings. The second-order valence-corrected chi connectivity index (χ2v) is 6.01. The molecule has 0 aliphatic heterocycles. The maximum Gasteiger partial charge on any atom is 0.0949 e. The summed E-state index contributed by atoms with van der Waals surface area (Å²) >= 11 is 0. The molecular formula is C17H23N3. The van der Waals surface area contributed by atoms with Crippen LogP contribution in [0.5, 0.6) is 0 Å². The molecule has 1 N–H and O–H groups in total. The molecule has 1 unspecified atom stereocenters. The normalized spacial score (nSPS) is 16.6. The highest BCUT2D eigenvalue weighted by atomic mass is 15.0. The molecule has 0 bridgehead atoms. The third-order valence-corrected chi connectivity index (χ3v) is 4.18. The second-order valence-electron chi connectivity index (χ2n) is 6.01. The summed E-state index contributed by atoms with van der Waals surface area (Å²) in [6, 6.07) is 9.27. The molecule has 1 heterocycles. The summed E-state index contributed by atoms with van der Waals surface area (Å²) in [5.74, 6) is 0.951. The van der Waals surface area contributed by atoms with Crippen molar-refractivity contribution in [1.29, 1.82) is 0 Å². The molecule has 1 saturated carbocycles. The van der Waals surface area contributed by atoms with E-state index in [1.54, 1.807) is 0 Å². The molecule has 1 aromatic heterocycles. The summed E-state index contributed by atoms with van der Waals surface area (Å²) in [6.45, 7) is 3.17. The van der Waals surface area contributed by atoms with Gasteiger partial charge in [0.2, 0.25) is 0 Å². The Bertz CT molecular complexity index is 529. The molecule has 0 spiro atoms. The average Bonchev–Trinajstić information content (AvgIpc) is 2.87. The number of benzene rings is 1. The highest BCUT2D eigenvalue weighted by molar-refractivity contribution is 5.46. The van der Waals surface area contributed by atoms with E-state index >= 15 is 0 Å². The van der Waals surface area contributed by atoms with E-state index in [4.69, 9.17) is 0 Å². The number of rotatable bonds is 6. The predicted molar refractivity (Wildman–Crippen MR) is 82.8 cm³/mol. The predicted octanol–water partition coefficient (Wildman–Crippen LogP) is 3.92. The highest BCUT2D eigenvalue weighted by Crippen LogP contribution is 2.31. The molecule has 20 heavy (non-hydrogen) atoms. The summed E-state index contributed by atoms with van der Waals surface area (Å²) in [6.07, 6.45) is 11.3. The molecule has 1 aromatic carbocycles. The Kier molecular flexibility index (Phi) is 4.05. The molecule has 1 atom stereocenters. The van der Waals surface area contributed by atoms with Gasteiger partial charge in [-0.3, -0.25) is 0 Å². The van der Waals surface area contributed by atoms with Gasteiger partial charge in [-0.2, -0.15) is 0 Å². The van der Waals surface area contributed by atoms with Gasteiger partial charge in [0.15, 0.2) is 0 Å². The van der Waals surface area contributed by atoms with Crippen molar-refractivity contribution in [2.75, 3.05) is 5.32 Å². The fourth-order valence-corrected chi connectivity index (χ4v) is 2.92. The number of hydrogen-bond acceptors (Lipinski definition) is 2. The van der Waals surface area contributed by atoms with Crippen LogP contribution in [0.2, 0.25) is 0 Å². The maximum absolute atomic E-state index is 4.08. The van der Waals surface area contributed by atoms with Crippen molar-refractivity contribution in [3.63, 3.8) is 0 Å². The highest BCUT2D eigenvalue weighted by Gasteiger charge is 2.19. The van der Waals surface area contributed by atoms with Crippen molar-refractivity contribution in [2.45, 2.75) is 45.2 Å². The van der Waals surface area contributed by atoms with Crippen LogP contribution in [0.3, 0.4) is 0 Å². The Balaban J connectivity index is 1.58. The molecule has 3 heteroatoms. The Morgan fingerprint density at radius 3 is 3.00 bits per heavy atom. The number of imidazole rings is 1. The fraction of sp³-hybridized carbons (Fsp3) is 0.471. The van der Waals surface area contributed by atoms with Gasteiger partial charge in [-0.05, 0) is 37.0 Å². The van der Waals surface area contributed by atoms with Gasteiger partial charge in [0.1, 0.15) is 0 Å². The largest absolute Gasteiger partial charge is 0.383 e. The lowest BCUT2D eigenvalue weighted by Crippen LogP contribution is -2.23. The first kappa shape index (κ1) is 13.2. The third kappa shape index (κ3) is 3.41. The van der Waals surface area contributed by atoms with Crippen molar-refractivity contribution < 1.29 is 0 Å². The van der Waals surface area contributed by atoms with Crippen molar-refractivity contribution in [1.82, 2.24) is 9.55 Å². The molecular weight excluding hydrogens is 246 g/mol. The van der Waals surface area contributed by atoms with E-state index < -0.39 is 0 Å². The lowest BCUT2D eigenvalue weighted by atomic mass is 9.81. The Hall–Kier alpha value is -1.77. The average molecular weight is 269 g/mol. The van der Waals surface area contributed by atoms with Crippen molar-refractivity contribution in [3.05, 3.63) is 48.5 Å². The lowest BCUT2D eigenvalue weighted by Gasteiger charge is -2.29. The minimum absolute atomic E-state index is 0.559. The van der Waals surface area contributed by atoms with Gasteiger partial charge in [0, 0.05) is 30.7 Å². The van der Waals surface area contributed by atoms with Crippen LogP contribution in [-0.2, 0) is 6.54 Å². The molecule has 3 nitrogen and oxygen atoms in total. The van der Waals surface area contributed by atoms with Crippen LogP contribution in [0.25, 0.3) is 0 Å². The van der Waals surface area contributed by atoms with Crippen LogP contribution in [0, 0.1) is 5.92 Å². The van der Waals surface area contributed by atoms with Crippen LogP contribution >= 0.6 is 0 Å². The summed E-state index contributed by atoms with van der Waals surface area (Å²) in [5.41, 5.74) is 2.54. The first-order valence-electron chi connectivity index (χ1n) is 7.61. The first-order chi connectivity index (χ1) is 9.79. The quantitative estimate of drug-likeness (QED) is 0.861. The SMILES string of the molecule is CC(CC1CCC1)Nc1cccc(Cn2ccnc2)c1. The Morgan fingerprint density at radius 1 is 1.40 bits per heavy atom. The molecule has 2 aromatic rings. The minimum atomic E-state index is 0.559. The van der Waals surface area contributed by atoms with Gasteiger partial charge < -0.3 is 9.88 Å². The standard InChI is InChI=1S/C17H23N3/c1-14(10-15-4-2-5-15)19-17-7-3-6-16(11-17)12-20-9-8-18-13-20/h3,6-9,11,13-15,19H,2,4-5,10,12H2,1H3. The van der Waals surface area contributed by atoms with Crippen LogP contribution < -0.4 is 5.32 Å². The van der Waals surface area contributed by atoms with Crippen LogP contribution in [0.1, 0.15) is 38.2 Å². The summed E-state index contributed by atoms with van der Waals surface area (Å²) in [7, 11) is 0. The van der Waals surface area contributed by atoms with E-state index in [0.717, 1.165) is 12.5 Å². The van der Waals surface area contributed by atoms with Crippen LogP contribution in [0.4, 0.5) is 5.69 Å². The van der Waals surface area contributed by atoms with E-state index in [1.807, 2.05) is 18.7 Å². The fourth-order valence-electron chi connectivity index (χ4n) is 2.92. The Morgan fingerprint density at radius 2 is 2.30 bits per heavy atom. The molecule has 106 valence electrons. The number of aromatic nitrogens is 2.